The van der Waals surface area contributed by atoms with Gasteiger partial charge < -0.3 is 15.1 Å². The van der Waals surface area contributed by atoms with Crippen LogP contribution in [0.4, 0.5) is 17.3 Å². The molecule has 1 aliphatic rings. The number of aromatic nitrogens is 2. The van der Waals surface area contributed by atoms with Gasteiger partial charge in [0.05, 0.1) is 0 Å². The summed E-state index contributed by atoms with van der Waals surface area (Å²) in [5.41, 5.74) is 7.98. The van der Waals surface area contributed by atoms with Gasteiger partial charge in [-0.1, -0.05) is 13.3 Å². The second kappa shape index (κ2) is 7.14. The predicted molar refractivity (Wildman–Crippen MR) is 79.9 cm³/mol. The van der Waals surface area contributed by atoms with E-state index in [9.17, 15) is 0 Å². The number of piperazine rings is 1. The second-order valence-corrected chi connectivity index (χ2v) is 5.08. The first-order chi connectivity index (χ1) is 9.76. The lowest BCUT2D eigenvalue weighted by Crippen LogP contribution is -2.44. The molecule has 2 N–H and O–H groups in total. The van der Waals surface area contributed by atoms with Crippen molar-refractivity contribution in [2.24, 2.45) is 5.11 Å². The van der Waals surface area contributed by atoms with E-state index in [1.54, 1.807) is 6.33 Å². The summed E-state index contributed by atoms with van der Waals surface area (Å²) in [6.45, 7) is 6.81. The van der Waals surface area contributed by atoms with Gasteiger partial charge in [-0.2, -0.15) is 5.11 Å². The third-order valence-corrected chi connectivity index (χ3v) is 3.54. The van der Waals surface area contributed by atoms with Crippen molar-refractivity contribution in [1.29, 1.82) is 5.53 Å². The van der Waals surface area contributed by atoms with Crippen molar-refractivity contribution in [3.05, 3.63) is 6.33 Å². The van der Waals surface area contributed by atoms with Crippen molar-refractivity contribution in [1.82, 2.24) is 14.9 Å². The molecule has 1 fully saturated rings. The van der Waals surface area contributed by atoms with Gasteiger partial charge in [0.2, 0.25) is 0 Å². The lowest BCUT2D eigenvalue weighted by Gasteiger charge is -2.33. The Morgan fingerprint density at radius 2 is 2.05 bits per heavy atom. The van der Waals surface area contributed by atoms with Gasteiger partial charge in [-0.15, -0.1) is 0 Å². The van der Waals surface area contributed by atoms with E-state index in [2.05, 4.69) is 44.2 Å². The van der Waals surface area contributed by atoms with Crippen LogP contribution < -0.4 is 10.2 Å². The van der Waals surface area contributed by atoms with E-state index in [0.717, 1.165) is 51.4 Å². The summed E-state index contributed by atoms with van der Waals surface area (Å²) >= 11 is 0. The highest BCUT2D eigenvalue weighted by Gasteiger charge is 2.20. The monoisotopic (exact) mass is 277 g/mol. The van der Waals surface area contributed by atoms with Crippen LogP contribution in [-0.4, -0.2) is 54.6 Å². The molecule has 0 radical (unpaired) electrons. The zero-order valence-electron chi connectivity index (χ0n) is 12.3. The van der Waals surface area contributed by atoms with Crippen LogP contribution in [0.3, 0.4) is 0 Å². The SMILES string of the molecule is CCCCNc1ncnc(N2CCN(C)CC2)c1N=N. The van der Waals surface area contributed by atoms with E-state index in [0.29, 0.717) is 11.5 Å². The Morgan fingerprint density at radius 3 is 2.70 bits per heavy atom. The first-order valence-electron chi connectivity index (χ1n) is 7.16. The Labute approximate surface area is 119 Å². The van der Waals surface area contributed by atoms with E-state index in [4.69, 9.17) is 5.53 Å². The molecular weight excluding hydrogens is 254 g/mol. The number of likely N-dealkylation sites (N-methyl/N-ethyl adjacent to an activating group) is 1. The average Bonchev–Trinajstić information content (AvgIpc) is 2.48. The highest BCUT2D eigenvalue weighted by molar-refractivity contribution is 5.73. The van der Waals surface area contributed by atoms with Crippen molar-refractivity contribution in [2.45, 2.75) is 19.8 Å². The van der Waals surface area contributed by atoms with Gasteiger partial charge in [0, 0.05) is 32.7 Å². The minimum atomic E-state index is 0.549. The van der Waals surface area contributed by atoms with Crippen molar-refractivity contribution in [2.75, 3.05) is 50.0 Å². The Kier molecular flexibility index (Phi) is 5.23. The molecule has 0 unspecified atom stereocenters. The molecule has 1 saturated heterocycles. The number of rotatable bonds is 6. The molecule has 0 aliphatic carbocycles. The van der Waals surface area contributed by atoms with Crippen LogP contribution in [0.2, 0.25) is 0 Å². The maximum atomic E-state index is 7.43. The molecule has 0 amide bonds. The number of nitrogens with one attached hydrogen (secondary N) is 2. The minimum Gasteiger partial charge on any atom is -0.368 e. The third kappa shape index (κ3) is 3.41. The summed E-state index contributed by atoms with van der Waals surface area (Å²) < 4.78 is 0. The molecule has 0 saturated carbocycles. The molecule has 2 rings (SSSR count). The van der Waals surface area contributed by atoms with Crippen LogP contribution in [0.5, 0.6) is 0 Å². The van der Waals surface area contributed by atoms with Gasteiger partial charge in [-0.05, 0) is 13.5 Å². The van der Waals surface area contributed by atoms with Gasteiger partial charge in [0.25, 0.3) is 0 Å². The van der Waals surface area contributed by atoms with Crippen LogP contribution >= 0.6 is 0 Å². The number of nitrogens with zero attached hydrogens (tertiary/aromatic N) is 5. The average molecular weight is 277 g/mol. The Bertz CT molecular complexity index is 440. The Balaban J connectivity index is 2.15. The van der Waals surface area contributed by atoms with Crippen molar-refractivity contribution in [3.63, 3.8) is 0 Å². The van der Waals surface area contributed by atoms with Crippen LogP contribution in [-0.2, 0) is 0 Å². The summed E-state index contributed by atoms with van der Waals surface area (Å²) in [4.78, 5) is 13.0. The van der Waals surface area contributed by atoms with E-state index < -0.39 is 0 Å². The normalized spacial score (nSPS) is 16.2. The van der Waals surface area contributed by atoms with Crippen LogP contribution in [0, 0.1) is 5.53 Å². The highest BCUT2D eigenvalue weighted by atomic mass is 15.3. The molecular formula is C13H23N7. The van der Waals surface area contributed by atoms with Crippen LogP contribution in [0.25, 0.3) is 0 Å². The number of anilines is 2. The topological polar surface area (TPSA) is 80.5 Å². The fourth-order valence-corrected chi connectivity index (χ4v) is 2.24. The molecule has 0 spiro atoms. The zero-order valence-corrected chi connectivity index (χ0v) is 12.3. The lowest BCUT2D eigenvalue weighted by molar-refractivity contribution is 0.312. The Morgan fingerprint density at radius 1 is 1.30 bits per heavy atom. The molecule has 1 aromatic rings. The third-order valence-electron chi connectivity index (χ3n) is 3.54. The standard InChI is InChI=1S/C13H23N7/c1-3-4-5-15-12-11(18-14)13(17-10-16-12)20-8-6-19(2)7-9-20/h10,14H,3-9H2,1-2H3,(H,15,16,17). The summed E-state index contributed by atoms with van der Waals surface area (Å²) in [5.74, 6) is 1.43. The van der Waals surface area contributed by atoms with Gasteiger partial charge >= 0.3 is 0 Å². The van der Waals surface area contributed by atoms with Crippen molar-refractivity contribution < 1.29 is 0 Å². The molecule has 1 aliphatic heterocycles. The largest absolute Gasteiger partial charge is 0.368 e. The first-order valence-corrected chi connectivity index (χ1v) is 7.16. The zero-order chi connectivity index (χ0) is 14.4. The predicted octanol–water partition coefficient (Wildman–Crippen LogP) is 2.10. The van der Waals surface area contributed by atoms with E-state index >= 15 is 0 Å². The summed E-state index contributed by atoms with van der Waals surface area (Å²) in [6, 6.07) is 0. The number of hydrogen-bond acceptors (Lipinski definition) is 7. The van der Waals surface area contributed by atoms with E-state index in [-0.39, 0.29) is 0 Å². The van der Waals surface area contributed by atoms with E-state index in [1.165, 1.54) is 0 Å². The second-order valence-electron chi connectivity index (χ2n) is 5.08. The molecule has 110 valence electrons. The lowest BCUT2D eigenvalue weighted by atomic mass is 10.3. The molecule has 20 heavy (non-hydrogen) atoms. The highest BCUT2D eigenvalue weighted by Crippen LogP contribution is 2.32. The molecule has 1 aromatic heterocycles. The molecule has 0 atom stereocenters. The molecule has 7 nitrogen and oxygen atoms in total. The van der Waals surface area contributed by atoms with Crippen molar-refractivity contribution >= 4 is 17.3 Å². The number of unbranched alkanes of at least 4 members (excludes halogenated alkanes) is 1. The fourth-order valence-electron chi connectivity index (χ4n) is 2.24. The summed E-state index contributed by atoms with van der Waals surface area (Å²) in [6.07, 6.45) is 3.75. The van der Waals surface area contributed by atoms with E-state index in [1.807, 2.05) is 0 Å². The smallest absolute Gasteiger partial charge is 0.170 e. The molecule has 0 bridgehead atoms. The quantitative estimate of drug-likeness (QED) is 0.615. The number of hydrogen-bond donors (Lipinski definition) is 2. The summed E-state index contributed by atoms with van der Waals surface area (Å²) in [5, 5.41) is 6.90. The van der Waals surface area contributed by atoms with Gasteiger partial charge in [0.1, 0.15) is 6.33 Å². The maximum absolute atomic E-state index is 7.43. The van der Waals surface area contributed by atoms with Gasteiger partial charge in [0.15, 0.2) is 17.3 Å². The molecule has 0 aromatic carbocycles. The first kappa shape index (κ1) is 14.6. The maximum Gasteiger partial charge on any atom is 0.170 e. The minimum absolute atomic E-state index is 0.549. The van der Waals surface area contributed by atoms with Crippen LogP contribution in [0.1, 0.15) is 19.8 Å². The van der Waals surface area contributed by atoms with Gasteiger partial charge in [-0.3, -0.25) is 0 Å². The van der Waals surface area contributed by atoms with Crippen LogP contribution in [0.15, 0.2) is 11.4 Å². The Hall–Kier alpha value is -1.76. The molecule has 2 heterocycles. The fraction of sp³-hybridized carbons (Fsp3) is 0.692. The molecule has 7 heteroatoms. The summed E-state index contributed by atoms with van der Waals surface area (Å²) in [7, 11) is 2.12. The van der Waals surface area contributed by atoms with Gasteiger partial charge in [-0.25, -0.2) is 15.5 Å². The van der Waals surface area contributed by atoms with Crippen molar-refractivity contribution in [3.8, 4) is 0 Å².